The van der Waals surface area contributed by atoms with Crippen LogP contribution in [0.25, 0.3) is 0 Å². The van der Waals surface area contributed by atoms with Crippen LogP contribution >= 0.6 is 0 Å². The largest absolute Gasteiger partial charge is 0.504 e. The van der Waals surface area contributed by atoms with Gasteiger partial charge in [-0.15, -0.1) is 6.42 Å². The van der Waals surface area contributed by atoms with Crippen molar-refractivity contribution < 1.29 is 14.9 Å². The lowest BCUT2D eigenvalue weighted by Gasteiger charge is -2.12. The average molecular weight is 204 g/mol. The van der Waals surface area contributed by atoms with Gasteiger partial charge in [-0.25, -0.2) is 0 Å². The van der Waals surface area contributed by atoms with E-state index in [4.69, 9.17) is 11.2 Å². The Balaban J connectivity index is 2.52. The molecule has 0 atom stereocenters. The highest BCUT2D eigenvalue weighted by Crippen LogP contribution is 2.51. The minimum atomic E-state index is -0.265. The molecule has 0 heterocycles. The van der Waals surface area contributed by atoms with Crippen LogP contribution in [-0.2, 0) is 5.41 Å². The molecule has 3 nitrogen and oxygen atoms in total. The highest BCUT2D eigenvalue weighted by Gasteiger charge is 2.43. The smallest absolute Gasteiger partial charge is 0.200 e. The average Bonchev–Trinajstić information content (AvgIpc) is 3.02. The standard InChI is InChI=1S/C12H12O3/c1-3-12(4-5-12)8-6-9(13)11(14)10(7-8)15-2/h1,6-7,13-14H,4-5H2,2H3. The van der Waals surface area contributed by atoms with Crippen LogP contribution in [0.4, 0.5) is 0 Å². The van der Waals surface area contributed by atoms with Crippen LogP contribution in [-0.4, -0.2) is 17.3 Å². The van der Waals surface area contributed by atoms with Crippen molar-refractivity contribution in [2.24, 2.45) is 0 Å². The molecule has 1 aliphatic rings. The fraction of sp³-hybridized carbons (Fsp3) is 0.333. The van der Waals surface area contributed by atoms with Gasteiger partial charge in [0, 0.05) is 0 Å². The summed E-state index contributed by atoms with van der Waals surface area (Å²) in [5.41, 5.74) is 0.565. The molecule has 15 heavy (non-hydrogen) atoms. The Morgan fingerprint density at radius 1 is 1.40 bits per heavy atom. The molecule has 78 valence electrons. The molecule has 2 rings (SSSR count). The van der Waals surface area contributed by atoms with E-state index in [0.29, 0.717) is 0 Å². The van der Waals surface area contributed by atoms with E-state index in [0.717, 1.165) is 18.4 Å². The molecule has 0 radical (unpaired) electrons. The monoisotopic (exact) mass is 204 g/mol. The lowest BCUT2D eigenvalue weighted by molar-refractivity contribution is 0.350. The van der Waals surface area contributed by atoms with Gasteiger partial charge in [0.1, 0.15) is 0 Å². The van der Waals surface area contributed by atoms with E-state index in [1.165, 1.54) is 13.2 Å². The van der Waals surface area contributed by atoms with Crippen LogP contribution in [0.1, 0.15) is 18.4 Å². The molecular weight excluding hydrogens is 192 g/mol. The normalized spacial score (nSPS) is 16.8. The number of phenols is 2. The molecule has 2 N–H and O–H groups in total. The van der Waals surface area contributed by atoms with Gasteiger partial charge in [-0.05, 0) is 30.5 Å². The number of aromatic hydroxyl groups is 2. The second-order valence-electron chi connectivity index (χ2n) is 3.77. The maximum absolute atomic E-state index is 9.50. The minimum absolute atomic E-state index is 0.189. The molecule has 1 aromatic rings. The molecule has 3 heteroatoms. The van der Waals surface area contributed by atoms with Crippen molar-refractivity contribution >= 4 is 0 Å². The van der Waals surface area contributed by atoms with Crippen molar-refractivity contribution in [2.75, 3.05) is 7.11 Å². The van der Waals surface area contributed by atoms with Crippen LogP contribution < -0.4 is 4.74 Å². The summed E-state index contributed by atoms with van der Waals surface area (Å²) < 4.78 is 4.96. The first kappa shape index (κ1) is 9.72. The minimum Gasteiger partial charge on any atom is -0.504 e. The molecule has 0 spiro atoms. The number of benzene rings is 1. The molecule has 0 aromatic heterocycles. The second-order valence-corrected chi connectivity index (χ2v) is 3.77. The van der Waals surface area contributed by atoms with Crippen molar-refractivity contribution in [3.8, 4) is 29.6 Å². The zero-order chi connectivity index (χ0) is 11.1. The molecule has 1 fully saturated rings. The summed E-state index contributed by atoms with van der Waals surface area (Å²) in [5, 5.41) is 19.0. The number of rotatable bonds is 2. The third-order valence-corrected chi connectivity index (χ3v) is 2.85. The van der Waals surface area contributed by atoms with E-state index in [1.807, 2.05) is 0 Å². The molecule has 1 aliphatic carbocycles. The molecule has 1 saturated carbocycles. The van der Waals surface area contributed by atoms with E-state index in [2.05, 4.69) is 5.92 Å². The van der Waals surface area contributed by atoms with E-state index in [1.54, 1.807) is 6.07 Å². The summed E-state index contributed by atoms with van der Waals surface area (Å²) in [7, 11) is 1.44. The molecule has 0 unspecified atom stereocenters. The first-order chi connectivity index (χ1) is 7.13. The van der Waals surface area contributed by atoms with Crippen LogP contribution in [0, 0.1) is 12.3 Å². The first-order valence-electron chi connectivity index (χ1n) is 4.71. The summed E-state index contributed by atoms with van der Waals surface area (Å²) in [6.45, 7) is 0. The summed E-state index contributed by atoms with van der Waals surface area (Å²) in [5.74, 6) is 2.54. The Morgan fingerprint density at radius 2 is 2.07 bits per heavy atom. The van der Waals surface area contributed by atoms with Crippen molar-refractivity contribution in [1.82, 2.24) is 0 Å². The van der Waals surface area contributed by atoms with Crippen molar-refractivity contribution in [3.05, 3.63) is 17.7 Å². The van der Waals surface area contributed by atoms with Gasteiger partial charge in [0.05, 0.1) is 12.5 Å². The predicted molar refractivity (Wildman–Crippen MR) is 56.1 cm³/mol. The number of methoxy groups -OCH3 is 1. The Morgan fingerprint density at radius 3 is 2.53 bits per heavy atom. The molecule has 1 aromatic carbocycles. The zero-order valence-electron chi connectivity index (χ0n) is 8.45. The number of hydrogen-bond donors (Lipinski definition) is 2. The van der Waals surface area contributed by atoms with Crippen LogP contribution in [0.5, 0.6) is 17.2 Å². The van der Waals surface area contributed by atoms with Gasteiger partial charge in [-0.2, -0.15) is 0 Å². The van der Waals surface area contributed by atoms with Gasteiger partial charge in [-0.1, -0.05) is 5.92 Å². The van der Waals surface area contributed by atoms with Crippen molar-refractivity contribution in [2.45, 2.75) is 18.3 Å². The van der Waals surface area contributed by atoms with Crippen LogP contribution in [0.3, 0.4) is 0 Å². The fourth-order valence-corrected chi connectivity index (χ4v) is 1.67. The van der Waals surface area contributed by atoms with Gasteiger partial charge in [0.25, 0.3) is 0 Å². The molecular formula is C12H12O3. The van der Waals surface area contributed by atoms with E-state index in [9.17, 15) is 10.2 Å². The topological polar surface area (TPSA) is 49.7 Å². The Hall–Kier alpha value is -1.82. The molecule has 0 saturated heterocycles. The van der Waals surface area contributed by atoms with Crippen molar-refractivity contribution in [1.29, 1.82) is 0 Å². The fourth-order valence-electron chi connectivity index (χ4n) is 1.67. The van der Waals surface area contributed by atoms with Gasteiger partial charge in [-0.3, -0.25) is 0 Å². The van der Waals surface area contributed by atoms with Gasteiger partial charge in [0.2, 0.25) is 5.75 Å². The zero-order valence-corrected chi connectivity index (χ0v) is 8.45. The van der Waals surface area contributed by atoms with E-state index >= 15 is 0 Å². The summed E-state index contributed by atoms with van der Waals surface area (Å²) in [6.07, 6.45) is 7.27. The SMILES string of the molecule is C#CC1(c2cc(O)c(O)c(OC)c2)CC1. The van der Waals surface area contributed by atoms with E-state index < -0.39 is 0 Å². The highest BCUT2D eigenvalue weighted by molar-refractivity contribution is 5.56. The summed E-state index contributed by atoms with van der Waals surface area (Å²) in [4.78, 5) is 0. The third kappa shape index (κ3) is 1.39. The van der Waals surface area contributed by atoms with Crippen LogP contribution in [0.15, 0.2) is 12.1 Å². The van der Waals surface area contributed by atoms with Gasteiger partial charge >= 0.3 is 0 Å². The quantitative estimate of drug-likeness (QED) is 0.570. The second kappa shape index (κ2) is 3.09. The summed E-state index contributed by atoms with van der Waals surface area (Å²) in [6, 6.07) is 3.19. The van der Waals surface area contributed by atoms with Gasteiger partial charge < -0.3 is 14.9 Å². The van der Waals surface area contributed by atoms with Crippen molar-refractivity contribution in [3.63, 3.8) is 0 Å². The number of terminal acetylenes is 1. The number of hydrogen-bond acceptors (Lipinski definition) is 3. The maximum Gasteiger partial charge on any atom is 0.200 e. The molecule has 0 aliphatic heterocycles. The lowest BCUT2D eigenvalue weighted by atomic mass is 9.96. The Labute approximate surface area is 88.3 Å². The summed E-state index contributed by atoms with van der Waals surface area (Å²) >= 11 is 0. The Kier molecular flexibility index (Phi) is 2.01. The lowest BCUT2D eigenvalue weighted by Crippen LogP contribution is -2.02. The third-order valence-electron chi connectivity index (χ3n) is 2.85. The number of phenolic OH excluding ortho intramolecular Hbond substituents is 2. The molecule has 0 bridgehead atoms. The van der Waals surface area contributed by atoms with Crippen LogP contribution in [0.2, 0.25) is 0 Å². The first-order valence-corrected chi connectivity index (χ1v) is 4.71. The predicted octanol–water partition coefficient (Wildman–Crippen LogP) is 1.77. The molecule has 0 amide bonds. The number of ether oxygens (including phenoxy) is 1. The highest BCUT2D eigenvalue weighted by atomic mass is 16.5. The maximum atomic E-state index is 9.50. The van der Waals surface area contributed by atoms with Gasteiger partial charge in [0.15, 0.2) is 11.5 Å². The van der Waals surface area contributed by atoms with E-state index in [-0.39, 0.29) is 22.7 Å². The Bertz CT molecular complexity index is 439.